The van der Waals surface area contributed by atoms with Gasteiger partial charge < -0.3 is 4.74 Å². The Balaban J connectivity index is 2.05. The molecule has 0 amide bonds. The highest BCUT2D eigenvalue weighted by atomic mass is 32.2. The van der Waals surface area contributed by atoms with Crippen molar-refractivity contribution in [2.45, 2.75) is 10.6 Å². The molecular weight excluding hydrogens is 316 g/mol. The molecule has 1 N–H and O–H groups in total. The molecule has 0 aliphatic carbocycles. The molecule has 21 heavy (non-hydrogen) atoms. The van der Waals surface area contributed by atoms with Gasteiger partial charge in [0.25, 0.3) is 10.0 Å². The van der Waals surface area contributed by atoms with Crippen LogP contribution < -0.4 is 4.72 Å². The number of aromatic nitrogens is 3. The largest absolute Gasteiger partial charge is 0.464 e. The van der Waals surface area contributed by atoms with E-state index in [0.29, 0.717) is 6.42 Å². The van der Waals surface area contributed by atoms with Crippen molar-refractivity contribution in [1.82, 2.24) is 19.5 Å². The summed E-state index contributed by atoms with van der Waals surface area (Å²) in [6, 6.07) is 1.81. The predicted octanol–water partition coefficient (Wildman–Crippen LogP) is 0.184. The second kappa shape index (κ2) is 6.33. The lowest BCUT2D eigenvalue weighted by Gasteiger charge is -2.05. The first-order valence-corrected chi connectivity index (χ1v) is 8.30. The number of rotatable bonds is 6. The van der Waals surface area contributed by atoms with E-state index in [0.717, 1.165) is 17.0 Å². The standard InChI is InChI=1S/C11H14N4O4S2/c1-15-6-4-8(14-15)3-5-13-21(17,18)11-9(10(16)19-2)12-7-20-11/h4,6-7,13H,3,5H2,1-2H3. The number of ether oxygens (including phenoxy) is 1. The maximum Gasteiger partial charge on any atom is 0.358 e. The molecule has 0 spiro atoms. The van der Waals surface area contributed by atoms with E-state index in [2.05, 4.69) is 19.5 Å². The molecule has 0 saturated carbocycles. The number of carbonyl (C=O) groups is 1. The number of esters is 1. The molecule has 10 heteroatoms. The summed E-state index contributed by atoms with van der Waals surface area (Å²) in [4.78, 5) is 15.2. The van der Waals surface area contributed by atoms with Crippen LogP contribution in [-0.2, 0) is 28.2 Å². The van der Waals surface area contributed by atoms with Crippen LogP contribution in [-0.4, -0.2) is 42.8 Å². The molecule has 0 aliphatic heterocycles. The monoisotopic (exact) mass is 330 g/mol. The fourth-order valence-corrected chi connectivity index (χ4v) is 3.84. The second-order valence-electron chi connectivity index (χ2n) is 4.11. The van der Waals surface area contributed by atoms with Gasteiger partial charge in [-0.1, -0.05) is 0 Å². The van der Waals surface area contributed by atoms with E-state index in [4.69, 9.17) is 0 Å². The molecule has 2 aromatic rings. The molecule has 8 nitrogen and oxygen atoms in total. The zero-order valence-corrected chi connectivity index (χ0v) is 13.1. The number of aryl methyl sites for hydroxylation is 1. The quantitative estimate of drug-likeness (QED) is 0.758. The molecule has 0 bridgehead atoms. The number of nitrogens with zero attached hydrogens (tertiary/aromatic N) is 3. The normalized spacial score (nSPS) is 11.5. The number of methoxy groups -OCH3 is 1. The summed E-state index contributed by atoms with van der Waals surface area (Å²) >= 11 is 0.868. The first-order chi connectivity index (χ1) is 9.94. The zero-order valence-electron chi connectivity index (χ0n) is 11.4. The van der Waals surface area contributed by atoms with Gasteiger partial charge in [0, 0.05) is 26.2 Å². The molecule has 0 radical (unpaired) electrons. The van der Waals surface area contributed by atoms with Gasteiger partial charge >= 0.3 is 5.97 Å². The summed E-state index contributed by atoms with van der Waals surface area (Å²) < 4.78 is 32.7. The Labute approximate surface area is 125 Å². The van der Waals surface area contributed by atoms with Crippen molar-refractivity contribution in [2.24, 2.45) is 7.05 Å². The van der Waals surface area contributed by atoms with Crippen molar-refractivity contribution in [3.05, 3.63) is 29.2 Å². The Bertz CT molecular complexity index is 735. The van der Waals surface area contributed by atoms with E-state index in [1.807, 2.05) is 0 Å². The van der Waals surface area contributed by atoms with Gasteiger partial charge in [-0.3, -0.25) is 4.68 Å². The van der Waals surface area contributed by atoms with Crippen molar-refractivity contribution < 1.29 is 17.9 Å². The average Bonchev–Trinajstić information content (AvgIpc) is 3.07. The third kappa shape index (κ3) is 3.65. The lowest BCUT2D eigenvalue weighted by Crippen LogP contribution is -2.27. The van der Waals surface area contributed by atoms with Crippen molar-refractivity contribution in [1.29, 1.82) is 0 Å². The van der Waals surface area contributed by atoms with Crippen LogP contribution in [0.5, 0.6) is 0 Å². The fraction of sp³-hybridized carbons (Fsp3) is 0.364. The van der Waals surface area contributed by atoms with Gasteiger partial charge in [0.15, 0.2) is 9.90 Å². The maximum atomic E-state index is 12.2. The van der Waals surface area contributed by atoms with Crippen molar-refractivity contribution in [3.8, 4) is 0 Å². The van der Waals surface area contributed by atoms with Gasteiger partial charge in [-0.15, -0.1) is 11.3 Å². The third-order valence-corrected chi connectivity index (χ3v) is 5.43. The predicted molar refractivity (Wildman–Crippen MR) is 75.6 cm³/mol. The number of nitrogens with one attached hydrogen (secondary N) is 1. The summed E-state index contributed by atoms with van der Waals surface area (Å²) in [6.45, 7) is 0.178. The van der Waals surface area contributed by atoms with Crippen LogP contribution in [0, 0.1) is 0 Å². The molecule has 0 unspecified atom stereocenters. The van der Waals surface area contributed by atoms with Gasteiger partial charge in [0.1, 0.15) is 0 Å². The summed E-state index contributed by atoms with van der Waals surface area (Å²) in [7, 11) is -0.837. The van der Waals surface area contributed by atoms with Gasteiger partial charge in [0.2, 0.25) is 0 Å². The number of hydrogen-bond donors (Lipinski definition) is 1. The lowest BCUT2D eigenvalue weighted by molar-refractivity contribution is 0.0590. The molecule has 2 aromatic heterocycles. The highest BCUT2D eigenvalue weighted by Crippen LogP contribution is 2.20. The van der Waals surface area contributed by atoms with E-state index >= 15 is 0 Å². The molecule has 2 heterocycles. The molecule has 2 rings (SSSR count). The highest BCUT2D eigenvalue weighted by Gasteiger charge is 2.26. The van der Waals surface area contributed by atoms with Crippen LogP contribution in [0.2, 0.25) is 0 Å². The van der Waals surface area contributed by atoms with Crippen LogP contribution >= 0.6 is 11.3 Å². The first-order valence-electron chi connectivity index (χ1n) is 5.94. The maximum absolute atomic E-state index is 12.2. The fourth-order valence-electron chi connectivity index (χ4n) is 1.63. The number of thiazole rings is 1. The minimum atomic E-state index is -3.80. The van der Waals surface area contributed by atoms with Crippen LogP contribution in [0.1, 0.15) is 16.2 Å². The minimum Gasteiger partial charge on any atom is -0.464 e. The van der Waals surface area contributed by atoms with E-state index in [1.165, 1.54) is 12.6 Å². The number of hydrogen-bond acceptors (Lipinski definition) is 7. The first kappa shape index (κ1) is 15.6. The van der Waals surface area contributed by atoms with Gasteiger partial charge in [0.05, 0.1) is 18.3 Å². The topological polar surface area (TPSA) is 103 Å². The van der Waals surface area contributed by atoms with Gasteiger partial charge in [-0.25, -0.2) is 22.9 Å². The molecule has 0 atom stereocenters. The summed E-state index contributed by atoms with van der Waals surface area (Å²) in [6.07, 6.45) is 2.23. The Morgan fingerprint density at radius 2 is 2.29 bits per heavy atom. The molecule has 0 aromatic carbocycles. The third-order valence-electron chi connectivity index (χ3n) is 2.60. The average molecular weight is 330 g/mol. The van der Waals surface area contributed by atoms with E-state index in [-0.39, 0.29) is 16.4 Å². The molecule has 114 valence electrons. The van der Waals surface area contributed by atoms with E-state index in [9.17, 15) is 13.2 Å². The van der Waals surface area contributed by atoms with Crippen molar-refractivity contribution in [3.63, 3.8) is 0 Å². The number of carbonyl (C=O) groups excluding carboxylic acids is 1. The summed E-state index contributed by atoms with van der Waals surface area (Å²) in [5.41, 5.74) is 1.87. The van der Waals surface area contributed by atoms with Crippen molar-refractivity contribution in [2.75, 3.05) is 13.7 Å². The number of sulfonamides is 1. The minimum absolute atomic E-state index is 0.143. The van der Waals surface area contributed by atoms with Crippen LogP contribution in [0.15, 0.2) is 22.0 Å². The SMILES string of the molecule is COC(=O)c1ncsc1S(=O)(=O)NCCc1ccn(C)n1. The summed E-state index contributed by atoms with van der Waals surface area (Å²) in [5, 5.41) is 4.15. The molecular formula is C11H14N4O4S2. The van der Waals surface area contributed by atoms with Crippen LogP contribution in [0.25, 0.3) is 0 Å². The zero-order chi connectivity index (χ0) is 15.5. The Morgan fingerprint density at radius 1 is 1.52 bits per heavy atom. The van der Waals surface area contributed by atoms with Gasteiger partial charge in [-0.2, -0.15) is 5.10 Å². The Kier molecular flexibility index (Phi) is 4.70. The van der Waals surface area contributed by atoms with Crippen LogP contribution in [0.3, 0.4) is 0 Å². The van der Waals surface area contributed by atoms with E-state index in [1.54, 1.807) is 24.0 Å². The molecule has 0 aliphatic rings. The molecule has 0 saturated heterocycles. The Morgan fingerprint density at radius 3 is 2.90 bits per heavy atom. The van der Waals surface area contributed by atoms with Gasteiger partial charge in [-0.05, 0) is 6.07 Å². The highest BCUT2D eigenvalue weighted by molar-refractivity contribution is 7.91. The van der Waals surface area contributed by atoms with E-state index < -0.39 is 16.0 Å². The van der Waals surface area contributed by atoms with Crippen LogP contribution in [0.4, 0.5) is 0 Å². The Hall–Kier alpha value is -1.78. The second-order valence-corrected chi connectivity index (χ2v) is 6.93. The molecule has 0 fully saturated rings. The smallest absolute Gasteiger partial charge is 0.358 e. The lowest BCUT2D eigenvalue weighted by atomic mass is 10.3. The summed E-state index contributed by atoms with van der Waals surface area (Å²) in [5.74, 6) is -0.777. The van der Waals surface area contributed by atoms with Crippen molar-refractivity contribution >= 4 is 27.3 Å².